The summed E-state index contributed by atoms with van der Waals surface area (Å²) in [6.07, 6.45) is 1.29. The Morgan fingerprint density at radius 1 is 1.67 bits per heavy atom. The van der Waals surface area contributed by atoms with Gasteiger partial charge in [0.1, 0.15) is 16.6 Å². The Kier molecular flexibility index (Phi) is 3.49. The quantitative estimate of drug-likeness (QED) is 0.880. The van der Waals surface area contributed by atoms with Crippen molar-refractivity contribution in [2.24, 2.45) is 5.92 Å². The number of anilines is 1. The molecule has 1 atom stereocenters. The molecule has 80 valence electrons. The Bertz CT molecular complexity index is 375. The summed E-state index contributed by atoms with van der Waals surface area (Å²) >= 11 is 3.41. The van der Waals surface area contributed by atoms with E-state index in [0.717, 1.165) is 23.2 Å². The molecule has 0 amide bonds. The summed E-state index contributed by atoms with van der Waals surface area (Å²) in [5.74, 6) is 3.27. The highest BCUT2D eigenvalue weighted by Gasteiger charge is 2.16. The van der Waals surface area contributed by atoms with Crippen LogP contribution in [0, 0.1) is 24.2 Å². The summed E-state index contributed by atoms with van der Waals surface area (Å²) in [5.41, 5.74) is 1.55. The molecule has 0 saturated carbocycles. The fourth-order valence-electron chi connectivity index (χ4n) is 1.60. The standard InChI is InChI=1S/C10H13N3S2/c1-7-9(4-11)10(15-13-7)12-5-8-2-3-14-6-8/h8,12H,2-3,5-6H2,1H3. The fraction of sp³-hybridized carbons (Fsp3) is 0.600. The molecule has 0 spiro atoms. The first kappa shape index (κ1) is 10.8. The lowest BCUT2D eigenvalue weighted by Gasteiger charge is -2.09. The van der Waals surface area contributed by atoms with Gasteiger partial charge in [-0.1, -0.05) is 0 Å². The van der Waals surface area contributed by atoms with Gasteiger partial charge in [0.05, 0.1) is 5.69 Å². The minimum atomic E-state index is 0.714. The van der Waals surface area contributed by atoms with Crippen molar-refractivity contribution in [3.05, 3.63) is 11.3 Å². The largest absolute Gasteiger partial charge is 0.374 e. The molecule has 2 heterocycles. The monoisotopic (exact) mass is 239 g/mol. The highest BCUT2D eigenvalue weighted by molar-refractivity contribution is 7.99. The van der Waals surface area contributed by atoms with Gasteiger partial charge in [-0.15, -0.1) is 0 Å². The topological polar surface area (TPSA) is 48.7 Å². The summed E-state index contributed by atoms with van der Waals surface area (Å²) in [7, 11) is 0. The summed E-state index contributed by atoms with van der Waals surface area (Å²) in [5, 5.41) is 13.2. The Balaban J connectivity index is 1.95. The van der Waals surface area contributed by atoms with Gasteiger partial charge in [0.15, 0.2) is 0 Å². The maximum Gasteiger partial charge on any atom is 0.127 e. The maximum atomic E-state index is 8.95. The molecule has 1 fully saturated rings. The number of hydrogen-bond acceptors (Lipinski definition) is 5. The van der Waals surface area contributed by atoms with Crippen molar-refractivity contribution in [2.75, 3.05) is 23.4 Å². The van der Waals surface area contributed by atoms with Crippen LogP contribution in [-0.2, 0) is 0 Å². The number of nitriles is 1. The number of hydrogen-bond donors (Lipinski definition) is 1. The molecule has 1 aliphatic rings. The van der Waals surface area contributed by atoms with E-state index in [1.165, 1.54) is 29.5 Å². The molecule has 15 heavy (non-hydrogen) atoms. The van der Waals surface area contributed by atoms with Crippen LogP contribution >= 0.6 is 23.3 Å². The molecule has 0 aliphatic carbocycles. The highest BCUT2D eigenvalue weighted by atomic mass is 32.2. The number of rotatable bonds is 3. The van der Waals surface area contributed by atoms with E-state index in [1.807, 2.05) is 18.7 Å². The SMILES string of the molecule is Cc1nsc(NCC2CCSC2)c1C#N. The Labute approximate surface area is 98.0 Å². The lowest BCUT2D eigenvalue weighted by atomic mass is 10.1. The summed E-state index contributed by atoms with van der Waals surface area (Å²) in [6, 6.07) is 2.20. The average Bonchev–Trinajstić information content (AvgIpc) is 2.84. The van der Waals surface area contributed by atoms with Crippen LogP contribution in [0.1, 0.15) is 17.7 Å². The third-order valence-electron chi connectivity index (χ3n) is 2.55. The smallest absolute Gasteiger partial charge is 0.127 e. The van der Waals surface area contributed by atoms with Crippen LogP contribution in [0.2, 0.25) is 0 Å². The highest BCUT2D eigenvalue weighted by Crippen LogP contribution is 2.27. The molecule has 0 bridgehead atoms. The zero-order valence-electron chi connectivity index (χ0n) is 8.62. The molecule has 1 unspecified atom stereocenters. The van der Waals surface area contributed by atoms with Crippen LogP contribution in [-0.4, -0.2) is 22.4 Å². The van der Waals surface area contributed by atoms with Crippen LogP contribution in [0.25, 0.3) is 0 Å². The summed E-state index contributed by atoms with van der Waals surface area (Å²) in [4.78, 5) is 0. The molecule has 1 aromatic rings. The van der Waals surface area contributed by atoms with Crippen molar-refractivity contribution in [3.8, 4) is 6.07 Å². The van der Waals surface area contributed by atoms with E-state index in [9.17, 15) is 0 Å². The third-order valence-corrected chi connectivity index (χ3v) is 4.68. The number of aromatic nitrogens is 1. The second kappa shape index (κ2) is 4.86. The van der Waals surface area contributed by atoms with Gasteiger partial charge in [0, 0.05) is 6.54 Å². The first-order valence-electron chi connectivity index (χ1n) is 4.99. The summed E-state index contributed by atoms with van der Waals surface area (Å²) in [6.45, 7) is 2.86. The molecule has 5 heteroatoms. The number of thioether (sulfide) groups is 1. The molecular weight excluding hydrogens is 226 g/mol. The molecule has 1 aromatic heterocycles. The first-order valence-corrected chi connectivity index (χ1v) is 6.92. The van der Waals surface area contributed by atoms with Gasteiger partial charge in [-0.25, -0.2) is 0 Å². The van der Waals surface area contributed by atoms with E-state index >= 15 is 0 Å². The van der Waals surface area contributed by atoms with Crippen LogP contribution in [0.4, 0.5) is 5.00 Å². The van der Waals surface area contributed by atoms with Crippen LogP contribution < -0.4 is 5.32 Å². The molecule has 0 aromatic carbocycles. The van der Waals surface area contributed by atoms with E-state index < -0.39 is 0 Å². The van der Waals surface area contributed by atoms with Crippen molar-refractivity contribution in [3.63, 3.8) is 0 Å². The Morgan fingerprint density at radius 3 is 3.20 bits per heavy atom. The normalized spacial score (nSPS) is 20.1. The van der Waals surface area contributed by atoms with Gasteiger partial charge in [0.2, 0.25) is 0 Å². The van der Waals surface area contributed by atoms with Gasteiger partial charge in [-0.05, 0) is 42.3 Å². The average molecular weight is 239 g/mol. The first-order chi connectivity index (χ1) is 7.31. The van der Waals surface area contributed by atoms with Gasteiger partial charge in [-0.2, -0.15) is 21.4 Å². The number of aryl methyl sites for hydroxylation is 1. The minimum absolute atomic E-state index is 0.714. The van der Waals surface area contributed by atoms with E-state index in [0.29, 0.717) is 5.56 Å². The van der Waals surface area contributed by atoms with Crippen molar-refractivity contribution in [1.82, 2.24) is 4.37 Å². The van der Waals surface area contributed by atoms with E-state index in [4.69, 9.17) is 5.26 Å². The van der Waals surface area contributed by atoms with Crippen LogP contribution in [0.15, 0.2) is 0 Å². The van der Waals surface area contributed by atoms with E-state index in [2.05, 4.69) is 15.8 Å². The summed E-state index contributed by atoms with van der Waals surface area (Å²) < 4.78 is 4.18. The third kappa shape index (κ3) is 2.44. The minimum Gasteiger partial charge on any atom is -0.374 e. The van der Waals surface area contributed by atoms with E-state index in [1.54, 1.807) is 0 Å². The fourth-order valence-corrected chi connectivity index (χ4v) is 3.64. The zero-order valence-corrected chi connectivity index (χ0v) is 10.2. The second-order valence-electron chi connectivity index (χ2n) is 3.69. The van der Waals surface area contributed by atoms with Crippen LogP contribution in [0.3, 0.4) is 0 Å². The van der Waals surface area contributed by atoms with Crippen molar-refractivity contribution in [1.29, 1.82) is 5.26 Å². The lowest BCUT2D eigenvalue weighted by Crippen LogP contribution is -2.13. The molecular formula is C10H13N3S2. The second-order valence-corrected chi connectivity index (χ2v) is 5.62. The van der Waals surface area contributed by atoms with Crippen LogP contribution in [0.5, 0.6) is 0 Å². The van der Waals surface area contributed by atoms with Crippen molar-refractivity contribution >= 4 is 28.3 Å². The van der Waals surface area contributed by atoms with E-state index in [-0.39, 0.29) is 0 Å². The predicted octanol–water partition coefficient (Wildman–Crippen LogP) is 2.49. The van der Waals surface area contributed by atoms with Crippen molar-refractivity contribution < 1.29 is 0 Å². The Morgan fingerprint density at radius 2 is 2.53 bits per heavy atom. The molecule has 0 radical (unpaired) electrons. The molecule has 1 aliphatic heterocycles. The maximum absolute atomic E-state index is 8.95. The van der Waals surface area contributed by atoms with Crippen molar-refractivity contribution in [2.45, 2.75) is 13.3 Å². The van der Waals surface area contributed by atoms with Gasteiger partial charge >= 0.3 is 0 Å². The molecule has 3 nitrogen and oxygen atoms in total. The Hall–Kier alpha value is -0.730. The predicted molar refractivity (Wildman–Crippen MR) is 65.5 cm³/mol. The zero-order chi connectivity index (χ0) is 10.7. The molecule has 1 saturated heterocycles. The number of nitrogens with zero attached hydrogens (tertiary/aromatic N) is 2. The lowest BCUT2D eigenvalue weighted by molar-refractivity contribution is 0.632. The van der Waals surface area contributed by atoms with Gasteiger partial charge in [0.25, 0.3) is 0 Å². The molecule has 2 rings (SSSR count). The number of nitrogens with one attached hydrogen (secondary N) is 1. The molecule has 1 N–H and O–H groups in total. The van der Waals surface area contributed by atoms with Gasteiger partial charge < -0.3 is 5.32 Å². The van der Waals surface area contributed by atoms with Gasteiger partial charge in [-0.3, -0.25) is 0 Å².